The topological polar surface area (TPSA) is 57.4 Å². The van der Waals surface area contributed by atoms with E-state index in [2.05, 4.69) is 39.0 Å². The van der Waals surface area contributed by atoms with Gasteiger partial charge in [-0.3, -0.25) is 0 Å². The van der Waals surface area contributed by atoms with Gasteiger partial charge in [0.2, 0.25) is 0 Å². The number of rotatable bonds is 4. The molecule has 0 unspecified atom stereocenters. The number of H-pyrrole nitrogens is 2. The van der Waals surface area contributed by atoms with Crippen LogP contribution < -0.4 is 0 Å². The molecule has 0 aliphatic carbocycles. The van der Waals surface area contributed by atoms with Crippen molar-refractivity contribution >= 4 is 22.1 Å². The Labute approximate surface area is 128 Å². The minimum Gasteiger partial charge on any atom is -0.342 e. The van der Waals surface area contributed by atoms with Gasteiger partial charge in [0.25, 0.3) is 0 Å². The van der Waals surface area contributed by atoms with Gasteiger partial charge in [0.1, 0.15) is 11.6 Å². The minimum atomic E-state index is 0.473. The van der Waals surface area contributed by atoms with Crippen molar-refractivity contribution in [3.63, 3.8) is 0 Å². The molecule has 4 rings (SSSR count). The van der Waals surface area contributed by atoms with Crippen LogP contribution in [0.15, 0.2) is 48.5 Å². The Balaban J connectivity index is 1.50. The van der Waals surface area contributed by atoms with E-state index < -0.39 is 0 Å². The Hall–Kier alpha value is -2.62. The lowest BCUT2D eigenvalue weighted by Gasteiger charge is -2.06. The number of benzene rings is 2. The summed E-state index contributed by atoms with van der Waals surface area (Å²) in [6.45, 7) is 2.24. The van der Waals surface area contributed by atoms with Crippen molar-refractivity contribution in [2.24, 2.45) is 5.92 Å². The van der Waals surface area contributed by atoms with Crippen LogP contribution in [0.3, 0.4) is 0 Å². The molecule has 4 aromatic rings. The molecular weight excluding hydrogens is 272 g/mol. The van der Waals surface area contributed by atoms with E-state index in [0.717, 1.165) is 46.6 Å². The third kappa shape index (κ3) is 2.48. The number of nitrogens with one attached hydrogen (secondary N) is 2. The molecular formula is C18H18N4. The van der Waals surface area contributed by atoms with Crippen LogP contribution in [0, 0.1) is 5.92 Å². The van der Waals surface area contributed by atoms with Crippen LogP contribution in [0.4, 0.5) is 0 Å². The van der Waals surface area contributed by atoms with Gasteiger partial charge in [-0.05, 0) is 30.2 Å². The van der Waals surface area contributed by atoms with Gasteiger partial charge >= 0.3 is 0 Å². The van der Waals surface area contributed by atoms with E-state index in [-0.39, 0.29) is 0 Å². The molecule has 0 spiro atoms. The molecule has 22 heavy (non-hydrogen) atoms. The molecule has 2 heterocycles. The molecule has 2 aromatic heterocycles. The van der Waals surface area contributed by atoms with Gasteiger partial charge in [0.15, 0.2) is 0 Å². The van der Waals surface area contributed by atoms with E-state index in [1.807, 2.05) is 36.4 Å². The molecule has 4 heteroatoms. The zero-order valence-corrected chi connectivity index (χ0v) is 12.5. The first kappa shape index (κ1) is 13.1. The maximum Gasteiger partial charge on any atom is 0.107 e. The first-order chi connectivity index (χ1) is 10.8. The molecule has 110 valence electrons. The molecule has 0 aliphatic rings. The van der Waals surface area contributed by atoms with Crippen LogP contribution in [0.1, 0.15) is 18.6 Å². The predicted molar refractivity (Wildman–Crippen MR) is 88.8 cm³/mol. The average molecular weight is 290 g/mol. The molecule has 0 atom stereocenters. The summed E-state index contributed by atoms with van der Waals surface area (Å²) in [7, 11) is 0. The summed E-state index contributed by atoms with van der Waals surface area (Å²) in [5, 5.41) is 0. The second-order valence-corrected chi connectivity index (χ2v) is 5.91. The maximum atomic E-state index is 4.65. The van der Waals surface area contributed by atoms with Gasteiger partial charge in [-0.25, -0.2) is 9.97 Å². The lowest BCUT2D eigenvalue weighted by molar-refractivity contribution is 0.550. The number of fused-ring (bicyclic) bond motifs is 2. The quantitative estimate of drug-likeness (QED) is 0.599. The fourth-order valence-electron chi connectivity index (χ4n) is 2.94. The number of hydrogen-bond acceptors (Lipinski definition) is 2. The van der Waals surface area contributed by atoms with Crippen LogP contribution in [-0.2, 0) is 12.8 Å². The Morgan fingerprint density at radius 3 is 1.68 bits per heavy atom. The van der Waals surface area contributed by atoms with Crippen molar-refractivity contribution in [3.05, 3.63) is 60.2 Å². The molecule has 0 aliphatic heterocycles. The van der Waals surface area contributed by atoms with Crippen molar-refractivity contribution in [1.29, 1.82) is 0 Å². The van der Waals surface area contributed by atoms with E-state index in [1.165, 1.54) is 0 Å². The van der Waals surface area contributed by atoms with Crippen LogP contribution in [0.2, 0.25) is 0 Å². The fourth-order valence-corrected chi connectivity index (χ4v) is 2.94. The SMILES string of the molecule is CC(Cc1nc2ccccc2[nH]1)Cc1nc2ccccc2[nH]1. The molecule has 0 fully saturated rings. The van der Waals surface area contributed by atoms with Gasteiger partial charge in [-0.2, -0.15) is 0 Å². The lowest BCUT2D eigenvalue weighted by Crippen LogP contribution is -2.06. The number of hydrogen-bond donors (Lipinski definition) is 2. The van der Waals surface area contributed by atoms with E-state index >= 15 is 0 Å². The molecule has 0 amide bonds. The number of aromatic nitrogens is 4. The third-order valence-electron chi connectivity index (χ3n) is 3.96. The second-order valence-electron chi connectivity index (χ2n) is 5.91. The fraction of sp³-hybridized carbons (Fsp3) is 0.222. The van der Waals surface area contributed by atoms with Gasteiger partial charge in [-0.1, -0.05) is 31.2 Å². The van der Waals surface area contributed by atoms with Gasteiger partial charge in [0, 0.05) is 12.8 Å². The summed E-state index contributed by atoms with van der Waals surface area (Å²) in [5.74, 6) is 2.57. The number of para-hydroxylation sites is 4. The van der Waals surface area contributed by atoms with Crippen molar-refractivity contribution in [2.75, 3.05) is 0 Å². The van der Waals surface area contributed by atoms with Crippen molar-refractivity contribution in [3.8, 4) is 0 Å². The largest absolute Gasteiger partial charge is 0.342 e. The highest BCUT2D eigenvalue weighted by Crippen LogP contribution is 2.17. The molecule has 2 aromatic carbocycles. The van der Waals surface area contributed by atoms with Crippen molar-refractivity contribution < 1.29 is 0 Å². The first-order valence-electron chi connectivity index (χ1n) is 7.65. The first-order valence-corrected chi connectivity index (χ1v) is 7.65. The van der Waals surface area contributed by atoms with Crippen molar-refractivity contribution in [1.82, 2.24) is 19.9 Å². The highest BCUT2D eigenvalue weighted by Gasteiger charge is 2.11. The summed E-state index contributed by atoms with van der Waals surface area (Å²) >= 11 is 0. The molecule has 0 saturated heterocycles. The molecule has 2 N–H and O–H groups in total. The molecule has 0 bridgehead atoms. The standard InChI is InChI=1S/C18H18N4/c1-12(10-17-19-13-6-2-3-7-14(13)20-17)11-18-21-15-8-4-5-9-16(15)22-18/h2-9,12H,10-11H2,1H3,(H,19,20)(H,21,22). The summed E-state index contributed by atoms with van der Waals surface area (Å²) in [4.78, 5) is 16.1. The summed E-state index contributed by atoms with van der Waals surface area (Å²) in [5.41, 5.74) is 4.28. The predicted octanol–water partition coefficient (Wildman–Crippen LogP) is 3.86. The van der Waals surface area contributed by atoms with E-state index in [4.69, 9.17) is 0 Å². The number of aromatic amines is 2. The Morgan fingerprint density at radius 2 is 1.23 bits per heavy atom. The maximum absolute atomic E-state index is 4.65. The van der Waals surface area contributed by atoms with E-state index in [1.54, 1.807) is 0 Å². The summed E-state index contributed by atoms with van der Waals surface area (Å²) in [6.07, 6.45) is 1.84. The lowest BCUT2D eigenvalue weighted by atomic mass is 10.0. The van der Waals surface area contributed by atoms with Crippen LogP contribution in [0.5, 0.6) is 0 Å². The highest BCUT2D eigenvalue weighted by atomic mass is 14.9. The Bertz CT molecular complexity index is 777. The van der Waals surface area contributed by atoms with Gasteiger partial charge in [0.05, 0.1) is 22.1 Å². The molecule has 4 nitrogen and oxygen atoms in total. The zero-order chi connectivity index (χ0) is 14.9. The zero-order valence-electron chi connectivity index (χ0n) is 12.5. The van der Waals surface area contributed by atoms with Crippen LogP contribution >= 0.6 is 0 Å². The second kappa shape index (κ2) is 5.30. The third-order valence-corrected chi connectivity index (χ3v) is 3.96. The van der Waals surface area contributed by atoms with E-state index in [0.29, 0.717) is 5.92 Å². The summed E-state index contributed by atoms with van der Waals surface area (Å²) in [6, 6.07) is 16.3. The normalized spacial score (nSPS) is 11.7. The Morgan fingerprint density at radius 1 is 0.773 bits per heavy atom. The molecule has 0 radical (unpaired) electrons. The van der Waals surface area contributed by atoms with Crippen LogP contribution in [-0.4, -0.2) is 19.9 Å². The number of nitrogens with zero attached hydrogens (tertiary/aromatic N) is 2. The summed E-state index contributed by atoms with van der Waals surface area (Å²) < 4.78 is 0. The van der Waals surface area contributed by atoms with E-state index in [9.17, 15) is 0 Å². The smallest absolute Gasteiger partial charge is 0.107 e. The van der Waals surface area contributed by atoms with Gasteiger partial charge in [-0.15, -0.1) is 0 Å². The Kier molecular flexibility index (Phi) is 3.15. The number of imidazole rings is 2. The highest BCUT2D eigenvalue weighted by molar-refractivity contribution is 5.75. The average Bonchev–Trinajstić information content (AvgIpc) is 3.08. The van der Waals surface area contributed by atoms with Crippen molar-refractivity contribution in [2.45, 2.75) is 19.8 Å². The molecule has 0 saturated carbocycles. The van der Waals surface area contributed by atoms with Gasteiger partial charge < -0.3 is 9.97 Å². The monoisotopic (exact) mass is 290 g/mol. The minimum absolute atomic E-state index is 0.473. The van der Waals surface area contributed by atoms with Crippen LogP contribution in [0.25, 0.3) is 22.1 Å².